The predicted molar refractivity (Wildman–Crippen MR) is 117 cm³/mol. The Balaban J connectivity index is 0.00000364. The Morgan fingerprint density at radius 1 is 1.19 bits per heavy atom. The first kappa shape index (κ1) is 23.5. The summed E-state index contributed by atoms with van der Waals surface area (Å²) in [4.78, 5) is 30.0. The SMILES string of the molecule is CN=C(NCCNC(=O)c1ccc(Cl)cc1)N1CCC(C(=O)OC)CC1.I. The van der Waals surface area contributed by atoms with Gasteiger partial charge in [0.15, 0.2) is 5.96 Å². The van der Waals surface area contributed by atoms with Crippen molar-refractivity contribution in [3.8, 4) is 0 Å². The standard InChI is InChI=1S/C18H25ClN4O3.HI/c1-20-18(23-11-7-14(8-12-23)17(25)26-2)22-10-9-21-16(24)13-3-5-15(19)6-4-13;/h3-6,14H,7-12H2,1-2H3,(H,20,22)(H,21,24);1H. The predicted octanol–water partition coefficient (Wildman–Crippen LogP) is 2.15. The Labute approximate surface area is 181 Å². The summed E-state index contributed by atoms with van der Waals surface area (Å²) in [7, 11) is 3.15. The van der Waals surface area contributed by atoms with Crippen molar-refractivity contribution < 1.29 is 14.3 Å². The number of halogens is 2. The molecule has 1 heterocycles. The molecule has 2 rings (SSSR count). The number of nitrogens with zero attached hydrogens (tertiary/aromatic N) is 2. The van der Waals surface area contributed by atoms with Gasteiger partial charge in [0.05, 0.1) is 13.0 Å². The summed E-state index contributed by atoms with van der Waals surface area (Å²) < 4.78 is 4.81. The number of likely N-dealkylation sites (tertiary alicyclic amines) is 1. The number of amides is 1. The van der Waals surface area contributed by atoms with E-state index in [9.17, 15) is 9.59 Å². The molecule has 1 aromatic carbocycles. The Morgan fingerprint density at radius 3 is 2.33 bits per heavy atom. The number of rotatable bonds is 5. The summed E-state index contributed by atoms with van der Waals surface area (Å²) in [6.45, 7) is 2.52. The number of hydrogen-bond acceptors (Lipinski definition) is 4. The molecule has 1 aliphatic heterocycles. The topological polar surface area (TPSA) is 83.0 Å². The molecule has 150 valence electrons. The molecule has 0 saturated carbocycles. The summed E-state index contributed by atoms with van der Waals surface area (Å²) >= 11 is 5.82. The van der Waals surface area contributed by atoms with E-state index in [4.69, 9.17) is 16.3 Å². The highest BCUT2D eigenvalue weighted by molar-refractivity contribution is 14.0. The summed E-state index contributed by atoms with van der Waals surface area (Å²) in [5.41, 5.74) is 0.573. The van der Waals surface area contributed by atoms with E-state index in [2.05, 4.69) is 20.5 Å². The van der Waals surface area contributed by atoms with Gasteiger partial charge in [-0.3, -0.25) is 14.6 Å². The largest absolute Gasteiger partial charge is 0.469 e. The minimum absolute atomic E-state index is 0. The van der Waals surface area contributed by atoms with Crippen LogP contribution in [0.25, 0.3) is 0 Å². The third kappa shape index (κ3) is 7.17. The van der Waals surface area contributed by atoms with E-state index in [1.54, 1.807) is 31.3 Å². The number of hydrogen-bond donors (Lipinski definition) is 2. The smallest absolute Gasteiger partial charge is 0.308 e. The minimum Gasteiger partial charge on any atom is -0.469 e. The third-order valence-corrected chi connectivity index (χ3v) is 4.59. The van der Waals surface area contributed by atoms with E-state index in [0.29, 0.717) is 23.7 Å². The van der Waals surface area contributed by atoms with Crippen LogP contribution in [-0.4, -0.2) is 63.1 Å². The van der Waals surface area contributed by atoms with E-state index in [0.717, 1.165) is 31.9 Å². The second-order valence-corrected chi connectivity index (χ2v) is 6.46. The highest BCUT2D eigenvalue weighted by Gasteiger charge is 2.26. The molecular formula is C18H26ClIN4O3. The molecule has 27 heavy (non-hydrogen) atoms. The van der Waals surface area contributed by atoms with Crippen molar-refractivity contribution in [1.82, 2.24) is 15.5 Å². The molecule has 1 amide bonds. The minimum atomic E-state index is -0.141. The van der Waals surface area contributed by atoms with Crippen LogP contribution in [0, 0.1) is 5.92 Å². The molecule has 0 atom stereocenters. The van der Waals surface area contributed by atoms with E-state index in [1.807, 2.05) is 0 Å². The molecular weight excluding hydrogens is 483 g/mol. The van der Waals surface area contributed by atoms with Gasteiger partial charge in [-0.2, -0.15) is 0 Å². The van der Waals surface area contributed by atoms with E-state index in [1.165, 1.54) is 7.11 Å². The number of benzene rings is 1. The van der Waals surface area contributed by atoms with Crippen molar-refractivity contribution >= 4 is 53.4 Å². The van der Waals surface area contributed by atoms with Crippen LogP contribution < -0.4 is 10.6 Å². The van der Waals surface area contributed by atoms with E-state index in [-0.39, 0.29) is 41.8 Å². The number of carbonyl (C=O) groups excluding carboxylic acids is 2. The van der Waals surface area contributed by atoms with Crippen LogP contribution >= 0.6 is 35.6 Å². The lowest BCUT2D eigenvalue weighted by Gasteiger charge is -2.33. The molecule has 1 saturated heterocycles. The van der Waals surface area contributed by atoms with Crippen molar-refractivity contribution in [2.24, 2.45) is 10.9 Å². The molecule has 2 N–H and O–H groups in total. The first-order chi connectivity index (χ1) is 12.5. The van der Waals surface area contributed by atoms with Crippen molar-refractivity contribution in [3.63, 3.8) is 0 Å². The average molecular weight is 509 g/mol. The number of guanidine groups is 1. The van der Waals surface area contributed by atoms with Crippen molar-refractivity contribution in [2.45, 2.75) is 12.8 Å². The molecule has 9 heteroatoms. The quantitative estimate of drug-likeness (QED) is 0.209. The van der Waals surface area contributed by atoms with Crippen LogP contribution in [0.4, 0.5) is 0 Å². The molecule has 0 spiro atoms. The fourth-order valence-corrected chi connectivity index (χ4v) is 3.01. The molecule has 1 aliphatic rings. The lowest BCUT2D eigenvalue weighted by atomic mass is 9.97. The van der Waals surface area contributed by atoms with Crippen LogP contribution in [0.15, 0.2) is 29.3 Å². The van der Waals surface area contributed by atoms with Gasteiger partial charge in [-0.1, -0.05) is 11.6 Å². The number of aliphatic imine (C=N–C) groups is 1. The van der Waals surface area contributed by atoms with Gasteiger partial charge in [0, 0.05) is 43.8 Å². The molecule has 0 bridgehead atoms. The Morgan fingerprint density at radius 2 is 1.78 bits per heavy atom. The zero-order valence-corrected chi connectivity index (χ0v) is 18.6. The Hall–Kier alpha value is -1.55. The number of esters is 1. The van der Waals surface area contributed by atoms with Gasteiger partial charge in [-0.05, 0) is 37.1 Å². The lowest BCUT2D eigenvalue weighted by molar-refractivity contribution is -0.146. The van der Waals surface area contributed by atoms with Crippen LogP contribution in [0.3, 0.4) is 0 Å². The third-order valence-electron chi connectivity index (χ3n) is 4.34. The number of methoxy groups -OCH3 is 1. The van der Waals surface area contributed by atoms with Crippen molar-refractivity contribution in [3.05, 3.63) is 34.9 Å². The second-order valence-electron chi connectivity index (χ2n) is 6.02. The Bertz CT molecular complexity index is 647. The van der Waals surface area contributed by atoms with E-state index >= 15 is 0 Å². The first-order valence-electron chi connectivity index (χ1n) is 8.62. The molecule has 0 aromatic heterocycles. The van der Waals surface area contributed by atoms with Gasteiger partial charge >= 0.3 is 5.97 Å². The second kappa shape index (κ2) is 12.0. The van der Waals surface area contributed by atoms with Gasteiger partial charge in [0.2, 0.25) is 0 Å². The summed E-state index contributed by atoms with van der Waals surface area (Å²) in [6, 6.07) is 6.76. The van der Waals surface area contributed by atoms with Gasteiger partial charge in [0.1, 0.15) is 0 Å². The van der Waals surface area contributed by atoms with Gasteiger partial charge in [-0.25, -0.2) is 0 Å². The van der Waals surface area contributed by atoms with Crippen LogP contribution in [0.2, 0.25) is 5.02 Å². The molecule has 0 aliphatic carbocycles. The summed E-state index contributed by atoms with van der Waals surface area (Å²) in [5.74, 6) is 0.455. The monoisotopic (exact) mass is 508 g/mol. The van der Waals surface area contributed by atoms with Gasteiger partial charge < -0.3 is 20.3 Å². The normalized spacial score (nSPS) is 14.9. The number of carbonyl (C=O) groups is 2. The zero-order chi connectivity index (χ0) is 18.9. The molecule has 0 radical (unpaired) electrons. The lowest BCUT2D eigenvalue weighted by Crippen LogP contribution is -2.48. The van der Waals surface area contributed by atoms with Crippen LogP contribution in [0.1, 0.15) is 23.2 Å². The number of piperidine rings is 1. The van der Waals surface area contributed by atoms with Crippen molar-refractivity contribution in [1.29, 1.82) is 0 Å². The van der Waals surface area contributed by atoms with E-state index < -0.39 is 0 Å². The molecule has 1 aromatic rings. The zero-order valence-electron chi connectivity index (χ0n) is 15.5. The van der Waals surface area contributed by atoms with Gasteiger partial charge in [0.25, 0.3) is 5.91 Å². The first-order valence-corrected chi connectivity index (χ1v) is 9.00. The summed E-state index contributed by atoms with van der Waals surface area (Å²) in [6.07, 6.45) is 1.50. The van der Waals surface area contributed by atoms with Crippen molar-refractivity contribution in [2.75, 3.05) is 40.3 Å². The maximum Gasteiger partial charge on any atom is 0.308 e. The Kier molecular flexibility index (Phi) is 10.5. The molecule has 7 nitrogen and oxygen atoms in total. The maximum absolute atomic E-state index is 12.0. The van der Waals surface area contributed by atoms with Crippen LogP contribution in [-0.2, 0) is 9.53 Å². The summed E-state index contributed by atoms with van der Waals surface area (Å²) in [5, 5.41) is 6.69. The highest BCUT2D eigenvalue weighted by atomic mass is 127. The fraction of sp³-hybridized carbons (Fsp3) is 0.500. The highest BCUT2D eigenvalue weighted by Crippen LogP contribution is 2.18. The number of nitrogens with one attached hydrogen (secondary N) is 2. The molecule has 0 unspecified atom stereocenters. The van der Waals surface area contributed by atoms with Crippen LogP contribution in [0.5, 0.6) is 0 Å². The molecule has 1 fully saturated rings. The average Bonchev–Trinajstić information content (AvgIpc) is 2.68. The maximum atomic E-state index is 12.0. The van der Waals surface area contributed by atoms with Gasteiger partial charge in [-0.15, -0.1) is 24.0 Å². The fourth-order valence-electron chi connectivity index (χ4n) is 2.88. The number of ether oxygens (including phenoxy) is 1.